The van der Waals surface area contributed by atoms with Crippen molar-refractivity contribution in [3.05, 3.63) is 11.1 Å². The summed E-state index contributed by atoms with van der Waals surface area (Å²) >= 11 is 3.44. The van der Waals surface area contributed by atoms with Crippen molar-refractivity contribution >= 4 is 32.9 Å². The van der Waals surface area contributed by atoms with Gasteiger partial charge in [-0.25, -0.2) is 15.0 Å². The lowest BCUT2D eigenvalue weighted by atomic mass is 9.95. The molecule has 0 aromatic carbocycles. The number of imidazole rings is 1. The van der Waals surface area contributed by atoms with E-state index >= 15 is 0 Å². The van der Waals surface area contributed by atoms with Crippen LogP contribution in [-0.4, -0.2) is 25.6 Å². The maximum Gasteiger partial charge on any atom is 0.179 e. The molecule has 0 spiro atoms. The van der Waals surface area contributed by atoms with Crippen LogP contribution in [0.5, 0.6) is 0 Å². The molecule has 3 atom stereocenters. The molecule has 2 bridgehead atoms. The maximum atomic E-state index is 4.51. The number of hydrogen-bond donors (Lipinski definition) is 1. The lowest BCUT2D eigenvalue weighted by molar-refractivity contribution is 0.439. The molecular formula is C13H16BrN5. The largest absolute Gasteiger partial charge is 0.365 e. The van der Waals surface area contributed by atoms with E-state index in [4.69, 9.17) is 0 Å². The molecule has 100 valence electrons. The summed E-state index contributed by atoms with van der Waals surface area (Å²) in [5.74, 6) is 2.63. The average molecular weight is 322 g/mol. The molecule has 2 aliphatic rings. The highest BCUT2D eigenvalue weighted by molar-refractivity contribution is 9.10. The Labute approximate surface area is 120 Å². The predicted molar refractivity (Wildman–Crippen MR) is 76.9 cm³/mol. The van der Waals surface area contributed by atoms with Gasteiger partial charge in [0, 0.05) is 13.1 Å². The van der Waals surface area contributed by atoms with Crippen LogP contribution < -0.4 is 5.32 Å². The fourth-order valence-electron chi connectivity index (χ4n) is 3.68. The lowest BCUT2D eigenvalue weighted by Gasteiger charge is -2.23. The molecule has 2 aromatic heterocycles. The van der Waals surface area contributed by atoms with Crippen molar-refractivity contribution in [3.8, 4) is 0 Å². The molecule has 2 aliphatic carbocycles. The second kappa shape index (κ2) is 4.16. The van der Waals surface area contributed by atoms with Gasteiger partial charge < -0.3 is 9.88 Å². The molecule has 2 heterocycles. The first-order valence-corrected chi connectivity index (χ1v) is 7.61. The number of aromatic nitrogens is 4. The van der Waals surface area contributed by atoms with E-state index in [-0.39, 0.29) is 0 Å². The van der Waals surface area contributed by atoms with Gasteiger partial charge in [-0.3, -0.25) is 0 Å². The van der Waals surface area contributed by atoms with Crippen LogP contribution in [0, 0.1) is 11.8 Å². The maximum absolute atomic E-state index is 4.51. The molecule has 19 heavy (non-hydrogen) atoms. The van der Waals surface area contributed by atoms with Gasteiger partial charge in [0.15, 0.2) is 21.7 Å². The number of hydrogen-bond acceptors (Lipinski definition) is 4. The number of aryl methyl sites for hydroxylation is 1. The van der Waals surface area contributed by atoms with Gasteiger partial charge in [-0.05, 0) is 47.0 Å². The zero-order chi connectivity index (χ0) is 13.0. The van der Waals surface area contributed by atoms with Crippen molar-refractivity contribution in [2.75, 3.05) is 5.32 Å². The number of halogens is 1. The molecule has 5 nitrogen and oxygen atoms in total. The van der Waals surface area contributed by atoms with Crippen molar-refractivity contribution in [2.45, 2.75) is 31.7 Å². The van der Waals surface area contributed by atoms with Crippen LogP contribution in [0.2, 0.25) is 0 Å². The highest BCUT2D eigenvalue weighted by Gasteiger charge is 2.39. The number of anilines is 1. The van der Waals surface area contributed by atoms with Crippen LogP contribution >= 0.6 is 15.9 Å². The molecule has 0 saturated heterocycles. The van der Waals surface area contributed by atoms with Gasteiger partial charge in [-0.2, -0.15) is 0 Å². The van der Waals surface area contributed by atoms with Gasteiger partial charge in [0.25, 0.3) is 0 Å². The van der Waals surface area contributed by atoms with Crippen molar-refractivity contribution in [2.24, 2.45) is 18.9 Å². The van der Waals surface area contributed by atoms with Crippen molar-refractivity contribution in [3.63, 3.8) is 0 Å². The Bertz CT molecular complexity index is 637. The van der Waals surface area contributed by atoms with Crippen LogP contribution in [0.1, 0.15) is 25.7 Å². The molecule has 1 N–H and O–H groups in total. The second-order valence-electron chi connectivity index (χ2n) is 5.76. The molecule has 2 fully saturated rings. The van der Waals surface area contributed by atoms with Crippen molar-refractivity contribution in [1.29, 1.82) is 0 Å². The molecule has 0 radical (unpaired) electrons. The Morgan fingerprint density at radius 2 is 2.21 bits per heavy atom. The van der Waals surface area contributed by atoms with Gasteiger partial charge in [0.05, 0.1) is 0 Å². The molecule has 6 heteroatoms. The SMILES string of the molecule is Cn1c(Br)nc2c(N[C@@H]3C[C@@H]4CC[C@H]3C4)ncnc21. The smallest absolute Gasteiger partial charge is 0.179 e. The van der Waals surface area contributed by atoms with E-state index in [1.807, 2.05) is 11.6 Å². The summed E-state index contributed by atoms with van der Waals surface area (Å²) < 4.78 is 2.72. The summed E-state index contributed by atoms with van der Waals surface area (Å²) in [6, 6.07) is 0.567. The summed E-state index contributed by atoms with van der Waals surface area (Å²) in [7, 11) is 1.95. The van der Waals surface area contributed by atoms with Gasteiger partial charge in [0.2, 0.25) is 0 Å². The Kier molecular flexibility index (Phi) is 2.55. The quantitative estimate of drug-likeness (QED) is 0.864. The van der Waals surface area contributed by atoms with E-state index in [1.165, 1.54) is 25.7 Å². The third-order valence-corrected chi connectivity index (χ3v) is 5.37. The van der Waals surface area contributed by atoms with Crippen molar-refractivity contribution in [1.82, 2.24) is 19.5 Å². The standard InChI is InChI=1S/C13H16BrN5/c1-19-12-10(18-13(19)14)11(15-6-16-12)17-9-5-7-2-3-8(9)4-7/h6-9H,2-5H2,1H3,(H,15,16,17)/t7-,8+,9-/m1/s1. The van der Waals surface area contributed by atoms with Gasteiger partial charge in [-0.15, -0.1) is 0 Å². The zero-order valence-corrected chi connectivity index (χ0v) is 12.4. The fraction of sp³-hybridized carbons (Fsp3) is 0.615. The molecule has 2 aromatic rings. The minimum atomic E-state index is 0.567. The number of nitrogens with one attached hydrogen (secondary N) is 1. The van der Waals surface area contributed by atoms with Crippen LogP contribution in [0.15, 0.2) is 11.1 Å². The predicted octanol–water partition coefficient (Wildman–Crippen LogP) is 2.73. The van der Waals surface area contributed by atoms with E-state index in [0.717, 1.165) is 33.6 Å². The molecule has 0 aliphatic heterocycles. The molecule has 0 amide bonds. The van der Waals surface area contributed by atoms with Crippen LogP contribution in [0.3, 0.4) is 0 Å². The third-order valence-electron chi connectivity index (χ3n) is 4.66. The number of rotatable bonds is 2. The Morgan fingerprint density at radius 3 is 2.95 bits per heavy atom. The van der Waals surface area contributed by atoms with Gasteiger partial charge in [0.1, 0.15) is 6.33 Å². The first kappa shape index (κ1) is 11.6. The minimum Gasteiger partial charge on any atom is -0.365 e. The Morgan fingerprint density at radius 1 is 1.32 bits per heavy atom. The summed E-state index contributed by atoms with van der Waals surface area (Å²) in [6.45, 7) is 0. The van der Waals surface area contributed by atoms with Crippen LogP contribution in [0.4, 0.5) is 5.82 Å². The molecule has 0 unspecified atom stereocenters. The topological polar surface area (TPSA) is 55.6 Å². The highest BCUT2D eigenvalue weighted by atomic mass is 79.9. The van der Waals surface area contributed by atoms with Crippen LogP contribution in [0.25, 0.3) is 11.2 Å². The summed E-state index contributed by atoms with van der Waals surface area (Å²) in [5, 5.41) is 3.61. The van der Waals surface area contributed by atoms with Crippen LogP contribution in [-0.2, 0) is 7.05 Å². The highest BCUT2D eigenvalue weighted by Crippen LogP contribution is 2.45. The summed E-state index contributed by atoms with van der Waals surface area (Å²) in [6.07, 6.45) is 7.06. The first-order valence-electron chi connectivity index (χ1n) is 6.82. The summed E-state index contributed by atoms with van der Waals surface area (Å²) in [4.78, 5) is 13.2. The Balaban J connectivity index is 1.69. The van der Waals surface area contributed by atoms with Crippen molar-refractivity contribution < 1.29 is 0 Å². The summed E-state index contributed by atoms with van der Waals surface area (Å²) in [5.41, 5.74) is 1.73. The fourth-order valence-corrected chi connectivity index (χ4v) is 4.02. The van der Waals surface area contributed by atoms with E-state index in [1.54, 1.807) is 6.33 Å². The zero-order valence-electron chi connectivity index (χ0n) is 10.8. The average Bonchev–Trinajstić information content (AvgIpc) is 3.08. The lowest BCUT2D eigenvalue weighted by Crippen LogP contribution is -2.26. The van der Waals surface area contributed by atoms with E-state index in [0.29, 0.717) is 6.04 Å². The molecule has 4 rings (SSSR count). The van der Waals surface area contributed by atoms with E-state index < -0.39 is 0 Å². The van der Waals surface area contributed by atoms with E-state index in [9.17, 15) is 0 Å². The minimum absolute atomic E-state index is 0.567. The first-order chi connectivity index (χ1) is 9.22. The van der Waals surface area contributed by atoms with Gasteiger partial charge in [-0.1, -0.05) is 6.42 Å². The number of fused-ring (bicyclic) bond motifs is 3. The van der Waals surface area contributed by atoms with Gasteiger partial charge >= 0.3 is 0 Å². The molecular weight excluding hydrogens is 306 g/mol. The molecule has 2 saturated carbocycles. The second-order valence-corrected chi connectivity index (χ2v) is 6.47. The monoisotopic (exact) mass is 321 g/mol. The number of nitrogens with zero attached hydrogens (tertiary/aromatic N) is 4. The Hall–Kier alpha value is -1.17. The third kappa shape index (κ3) is 1.76. The normalized spacial score (nSPS) is 29.3. The van der Waals surface area contributed by atoms with E-state index in [2.05, 4.69) is 36.2 Å².